The van der Waals surface area contributed by atoms with E-state index in [0.717, 1.165) is 4.68 Å². The van der Waals surface area contributed by atoms with Crippen molar-refractivity contribution in [2.45, 2.75) is 37.5 Å². The first-order valence-corrected chi connectivity index (χ1v) is 11.0. The van der Waals surface area contributed by atoms with E-state index in [-0.39, 0.29) is 52.0 Å². The summed E-state index contributed by atoms with van der Waals surface area (Å²) in [6, 6.07) is 2.64. The van der Waals surface area contributed by atoms with Gasteiger partial charge in [-0.05, 0) is 36.8 Å². The Balaban J connectivity index is 1.49. The number of aromatic nitrogens is 5. The van der Waals surface area contributed by atoms with E-state index in [2.05, 4.69) is 15.3 Å². The number of halogens is 4. The monoisotopic (exact) mass is 512 g/mol. The minimum absolute atomic E-state index is 0.00194. The largest absolute Gasteiger partial charge is 0.434 e. The molecule has 178 valence electrons. The van der Waals surface area contributed by atoms with Crippen LogP contribution in [0.1, 0.15) is 36.3 Å². The van der Waals surface area contributed by atoms with Crippen LogP contribution in [0.25, 0.3) is 5.69 Å². The van der Waals surface area contributed by atoms with Crippen molar-refractivity contribution in [1.82, 2.24) is 25.0 Å². The third-order valence-corrected chi connectivity index (χ3v) is 6.69. The minimum atomic E-state index is -2.69. The Kier molecular flexibility index (Phi) is 5.24. The van der Waals surface area contributed by atoms with Crippen LogP contribution in [0.5, 0.6) is 11.6 Å². The smallest absolute Gasteiger partial charge is 0.349 e. The predicted octanol–water partition coefficient (Wildman–Crippen LogP) is 2.76. The quantitative estimate of drug-likeness (QED) is 0.486. The molecule has 4 N–H and O–H groups in total. The number of hydrogen-bond donors (Lipinski definition) is 3. The second-order valence-electron chi connectivity index (χ2n) is 8.32. The number of nitrogens with one attached hydrogen (secondary N) is 2. The molecule has 0 radical (unpaired) electrons. The summed E-state index contributed by atoms with van der Waals surface area (Å²) in [7, 11) is 0. The molecule has 0 aliphatic heterocycles. The van der Waals surface area contributed by atoms with E-state index < -0.39 is 28.5 Å². The summed E-state index contributed by atoms with van der Waals surface area (Å²) in [5, 5.41) is 10.0. The van der Waals surface area contributed by atoms with Crippen LogP contribution in [0, 0.1) is 5.92 Å². The molecular weight excluding hydrogens is 497 g/mol. The number of alkyl halides is 2. The van der Waals surface area contributed by atoms with Gasteiger partial charge in [-0.3, -0.25) is 14.6 Å². The van der Waals surface area contributed by atoms with Crippen LogP contribution in [-0.2, 0) is 6.42 Å². The number of nitrogens with zero attached hydrogens (tertiary/aromatic N) is 3. The van der Waals surface area contributed by atoms with E-state index in [1.54, 1.807) is 0 Å². The van der Waals surface area contributed by atoms with Gasteiger partial charge in [0.25, 0.3) is 11.1 Å². The van der Waals surface area contributed by atoms with Gasteiger partial charge in [-0.2, -0.15) is 4.68 Å². The van der Waals surface area contributed by atoms with Crippen LogP contribution in [0.2, 0.25) is 10.0 Å². The average molecular weight is 513 g/mol. The van der Waals surface area contributed by atoms with Crippen LogP contribution in [0.4, 0.5) is 14.6 Å². The summed E-state index contributed by atoms with van der Waals surface area (Å²) in [4.78, 5) is 38.0. The van der Waals surface area contributed by atoms with Crippen molar-refractivity contribution in [2.24, 2.45) is 5.92 Å². The van der Waals surface area contributed by atoms with Crippen LogP contribution < -0.4 is 27.3 Å². The fourth-order valence-corrected chi connectivity index (χ4v) is 5.11. The first-order valence-electron chi connectivity index (χ1n) is 10.2. The molecule has 5 rings (SSSR count). The standard InChI is InChI=1S/C20H16Cl2F2N6O4/c21-11-3-8(30-19(33)26-17(32)15(25)29-30)4-12(22)14(11)34-18-10-2-1-9(7-5-20(23,24)6-7)13(10)16(31)27-28-18/h3-4,7,9H,1-2,5-6H2,(H2,25,29)(H,27,31)(H,26,32,33)/t9-/m0/s1. The number of ether oxygens (including phenoxy) is 1. The fourth-order valence-electron chi connectivity index (χ4n) is 4.56. The number of anilines is 1. The molecule has 0 saturated heterocycles. The topological polar surface area (TPSA) is 149 Å². The Hall–Kier alpha value is -3.25. The Morgan fingerprint density at radius 3 is 2.47 bits per heavy atom. The summed E-state index contributed by atoms with van der Waals surface area (Å²) in [6.07, 6.45) is 0.454. The average Bonchev–Trinajstić information content (AvgIpc) is 3.19. The van der Waals surface area contributed by atoms with Gasteiger partial charge < -0.3 is 10.5 Å². The number of aromatic amines is 2. The van der Waals surface area contributed by atoms with E-state index in [4.69, 9.17) is 33.7 Å². The third kappa shape index (κ3) is 3.76. The molecule has 2 aliphatic rings. The molecular formula is C20H16Cl2F2N6O4. The van der Waals surface area contributed by atoms with Crippen LogP contribution in [-0.4, -0.2) is 30.9 Å². The molecule has 1 fully saturated rings. The number of H-pyrrole nitrogens is 2. The SMILES string of the molecule is Nc1nn(-c2cc(Cl)c(Oc3n[nH]c(=O)c4c3CC[C@H]4C3CC(F)(F)C3)c(Cl)c2)c(=O)[nH]c1=O. The highest BCUT2D eigenvalue weighted by molar-refractivity contribution is 6.37. The summed E-state index contributed by atoms with van der Waals surface area (Å²) in [6.45, 7) is 0. The van der Waals surface area contributed by atoms with Crippen LogP contribution in [0.3, 0.4) is 0 Å². The van der Waals surface area contributed by atoms with Gasteiger partial charge in [-0.15, -0.1) is 10.2 Å². The van der Waals surface area contributed by atoms with E-state index in [1.165, 1.54) is 12.1 Å². The number of benzene rings is 1. The second-order valence-corrected chi connectivity index (χ2v) is 9.13. The van der Waals surface area contributed by atoms with Crippen molar-refractivity contribution in [3.8, 4) is 17.3 Å². The van der Waals surface area contributed by atoms with E-state index in [0.29, 0.717) is 24.0 Å². The fraction of sp³-hybridized carbons (Fsp3) is 0.350. The number of nitrogens with two attached hydrogens (primary N) is 1. The Morgan fingerprint density at radius 2 is 1.82 bits per heavy atom. The number of hydrogen-bond acceptors (Lipinski definition) is 7. The molecule has 14 heteroatoms. The zero-order chi connectivity index (χ0) is 24.4. The lowest BCUT2D eigenvalue weighted by molar-refractivity contribution is -0.117. The molecule has 1 aromatic carbocycles. The molecule has 3 aromatic rings. The Bertz CT molecular complexity index is 1470. The molecule has 2 aliphatic carbocycles. The highest BCUT2D eigenvalue weighted by Gasteiger charge is 2.50. The van der Waals surface area contributed by atoms with E-state index in [9.17, 15) is 23.2 Å². The first-order chi connectivity index (χ1) is 16.0. The van der Waals surface area contributed by atoms with Gasteiger partial charge in [-0.25, -0.2) is 18.7 Å². The number of fused-ring (bicyclic) bond motifs is 1. The molecule has 2 aromatic heterocycles. The summed E-state index contributed by atoms with van der Waals surface area (Å²) >= 11 is 12.7. The van der Waals surface area contributed by atoms with Gasteiger partial charge in [0.1, 0.15) is 0 Å². The van der Waals surface area contributed by atoms with Crippen molar-refractivity contribution >= 4 is 29.0 Å². The minimum Gasteiger partial charge on any atom is -0.434 e. The molecule has 0 bridgehead atoms. The maximum Gasteiger partial charge on any atom is 0.349 e. The van der Waals surface area contributed by atoms with Crippen LogP contribution >= 0.6 is 23.2 Å². The Labute approximate surface area is 198 Å². The van der Waals surface area contributed by atoms with Gasteiger partial charge in [0.05, 0.1) is 15.7 Å². The molecule has 0 amide bonds. The zero-order valence-electron chi connectivity index (χ0n) is 17.2. The number of nitrogen functional groups attached to an aromatic ring is 1. The maximum absolute atomic E-state index is 13.4. The van der Waals surface area contributed by atoms with Gasteiger partial charge >= 0.3 is 5.69 Å². The third-order valence-electron chi connectivity index (χ3n) is 6.13. The highest BCUT2D eigenvalue weighted by atomic mass is 35.5. The molecule has 1 atom stereocenters. The molecule has 0 unspecified atom stereocenters. The Morgan fingerprint density at radius 1 is 1.15 bits per heavy atom. The normalized spacial score (nSPS) is 19.0. The van der Waals surface area contributed by atoms with Crippen molar-refractivity contribution in [1.29, 1.82) is 0 Å². The molecule has 10 nitrogen and oxygen atoms in total. The van der Waals surface area contributed by atoms with E-state index >= 15 is 0 Å². The summed E-state index contributed by atoms with van der Waals surface area (Å²) < 4.78 is 33.4. The summed E-state index contributed by atoms with van der Waals surface area (Å²) in [5.41, 5.74) is 4.38. The lowest BCUT2D eigenvalue weighted by Crippen LogP contribution is -2.39. The van der Waals surface area contributed by atoms with Gasteiger partial charge in [0, 0.05) is 24.0 Å². The highest BCUT2D eigenvalue weighted by Crippen LogP contribution is 2.53. The second kappa shape index (κ2) is 7.91. The van der Waals surface area contributed by atoms with E-state index in [1.807, 2.05) is 4.98 Å². The first kappa shape index (κ1) is 22.5. The van der Waals surface area contributed by atoms with Crippen molar-refractivity contribution in [3.63, 3.8) is 0 Å². The number of rotatable bonds is 4. The van der Waals surface area contributed by atoms with Crippen molar-refractivity contribution in [2.75, 3.05) is 5.73 Å². The molecule has 34 heavy (non-hydrogen) atoms. The predicted molar refractivity (Wildman–Crippen MR) is 119 cm³/mol. The van der Waals surface area contributed by atoms with Crippen molar-refractivity contribution < 1.29 is 13.5 Å². The molecule has 1 saturated carbocycles. The van der Waals surface area contributed by atoms with Crippen molar-refractivity contribution in [3.05, 3.63) is 64.5 Å². The molecule has 0 spiro atoms. The zero-order valence-corrected chi connectivity index (χ0v) is 18.7. The van der Waals surface area contributed by atoms with Gasteiger partial charge in [0.15, 0.2) is 5.75 Å². The lowest BCUT2D eigenvalue weighted by atomic mass is 9.71. The van der Waals surface area contributed by atoms with Crippen LogP contribution in [0.15, 0.2) is 26.5 Å². The molecule has 2 heterocycles. The lowest BCUT2D eigenvalue weighted by Gasteiger charge is -2.38. The maximum atomic E-state index is 13.4. The van der Waals surface area contributed by atoms with Gasteiger partial charge in [0.2, 0.25) is 17.6 Å². The summed E-state index contributed by atoms with van der Waals surface area (Å²) in [5.74, 6) is -3.65. The van der Waals surface area contributed by atoms with Gasteiger partial charge in [-0.1, -0.05) is 23.2 Å².